The van der Waals surface area contributed by atoms with E-state index in [9.17, 15) is 0 Å². The molecule has 0 saturated heterocycles. The Morgan fingerprint density at radius 3 is 2.41 bits per heavy atom. The molecule has 0 atom stereocenters. The van der Waals surface area contributed by atoms with Crippen molar-refractivity contribution in [2.45, 2.75) is 6.92 Å². The van der Waals surface area contributed by atoms with Gasteiger partial charge in [-0.15, -0.1) is 11.3 Å². The van der Waals surface area contributed by atoms with Gasteiger partial charge in [-0.1, -0.05) is 54.6 Å². The Balaban J connectivity index is 1.73. The van der Waals surface area contributed by atoms with Gasteiger partial charge < -0.3 is 4.57 Å². The molecule has 0 aliphatic carbocycles. The highest BCUT2D eigenvalue weighted by atomic mass is 32.1. The van der Waals surface area contributed by atoms with Crippen molar-refractivity contribution in [1.82, 2.24) is 4.57 Å². The molecule has 3 heterocycles. The van der Waals surface area contributed by atoms with Crippen LogP contribution in [0.25, 0.3) is 53.2 Å². The van der Waals surface area contributed by atoms with E-state index in [-0.39, 0.29) is 0 Å². The van der Waals surface area contributed by atoms with E-state index in [1.807, 2.05) is 11.3 Å². The molecule has 140 valence electrons. The number of aromatic nitrogens is 2. The Morgan fingerprint density at radius 2 is 1.59 bits per heavy atom. The molecule has 0 fully saturated rings. The standard InChI is InChI=1S/C26H21N2S/c1-16-18-9-6-7-11-24(18)29-26(16)22-14-21-20-13-12-17-8-4-5-10-19(17)25(20)28(3)23(21)15-27(22)2/h4-15H,1-3H3/q+1. The minimum atomic E-state index is 1.27. The molecule has 0 bridgehead atoms. The zero-order valence-corrected chi connectivity index (χ0v) is 17.5. The highest BCUT2D eigenvalue weighted by molar-refractivity contribution is 7.22. The monoisotopic (exact) mass is 393 g/mol. The predicted octanol–water partition coefficient (Wildman–Crippen LogP) is 6.50. The number of pyridine rings is 1. The average Bonchev–Trinajstić information content (AvgIpc) is 3.22. The van der Waals surface area contributed by atoms with Gasteiger partial charge in [0.1, 0.15) is 17.4 Å². The molecule has 3 heteroatoms. The summed E-state index contributed by atoms with van der Waals surface area (Å²) in [4.78, 5) is 1.35. The van der Waals surface area contributed by atoms with Crippen molar-refractivity contribution in [2.24, 2.45) is 14.1 Å². The molecule has 0 radical (unpaired) electrons. The van der Waals surface area contributed by atoms with E-state index in [1.54, 1.807) is 0 Å². The largest absolute Gasteiger partial charge is 0.338 e. The first-order chi connectivity index (χ1) is 14.1. The van der Waals surface area contributed by atoms with Gasteiger partial charge in [-0.05, 0) is 29.3 Å². The Morgan fingerprint density at radius 1 is 0.828 bits per heavy atom. The number of thiophene rings is 1. The lowest BCUT2D eigenvalue weighted by Gasteiger charge is -2.02. The van der Waals surface area contributed by atoms with E-state index in [4.69, 9.17) is 0 Å². The first-order valence-electron chi connectivity index (χ1n) is 9.91. The number of hydrogen-bond acceptors (Lipinski definition) is 1. The number of fused-ring (bicyclic) bond motifs is 6. The van der Waals surface area contributed by atoms with Crippen LogP contribution in [-0.4, -0.2) is 4.57 Å². The lowest BCUT2D eigenvalue weighted by atomic mass is 10.1. The number of hydrogen-bond donors (Lipinski definition) is 0. The van der Waals surface area contributed by atoms with Crippen molar-refractivity contribution in [3.8, 4) is 10.6 Å². The second-order valence-electron chi connectivity index (χ2n) is 7.86. The first-order valence-corrected chi connectivity index (χ1v) is 10.7. The molecule has 0 amide bonds. The molecule has 0 aliphatic rings. The number of rotatable bonds is 1. The zero-order valence-electron chi connectivity index (χ0n) is 16.7. The van der Waals surface area contributed by atoms with Gasteiger partial charge in [0.25, 0.3) is 0 Å². The summed E-state index contributed by atoms with van der Waals surface area (Å²) in [6.45, 7) is 2.25. The molecule has 0 unspecified atom stereocenters. The molecule has 2 nitrogen and oxygen atoms in total. The summed E-state index contributed by atoms with van der Waals surface area (Å²) in [5.74, 6) is 0. The topological polar surface area (TPSA) is 8.81 Å². The third-order valence-corrected chi connectivity index (χ3v) is 7.51. The quantitative estimate of drug-likeness (QED) is 0.282. The SMILES string of the molecule is Cc1c(-c2cc3c4ccc5ccccc5c4n(C)c3c[n+]2C)sc2ccccc12. The molecular formula is C26H21N2S+. The van der Waals surface area contributed by atoms with Crippen LogP contribution in [0.4, 0.5) is 0 Å². The van der Waals surface area contributed by atoms with Gasteiger partial charge in [-0.2, -0.15) is 4.57 Å². The number of benzene rings is 3. The van der Waals surface area contributed by atoms with Crippen molar-refractivity contribution < 1.29 is 4.57 Å². The fourth-order valence-electron chi connectivity index (χ4n) is 4.72. The van der Waals surface area contributed by atoms with Gasteiger partial charge in [0, 0.05) is 34.0 Å². The molecule has 29 heavy (non-hydrogen) atoms. The van der Waals surface area contributed by atoms with E-state index in [0.717, 1.165) is 0 Å². The van der Waals surface area contributed by atoms with E-state index in [1.165, 1.54) is 58.8 Å². The van der Waals surface area contributed by atoms with Crippen LogP contribution in [0.1, 0.15) is 5.56 Å². The summed E-state index contributed by atoms with van der Waals surface area (Å²) in [6, 6.07) is 24.3. The van der Waals surface area contributed by atoms with Crippen LogP contribution in [0.2, 0.25) is 0 Å². The van der Waals surface area contributed by atoms with Crippen molar-refractivity contribution in [1.29, 1.82) is 0 Å². The maximum atomic E-state index is 2.38. The highest BCUT2D eigenvalue weighted by Crippen LogP contribution is 2.39. The molecular weight excluding hydrogens is 372 g/mol. The smallest absolute Gasteiger partial charge is 0.223 e. The summed E-state index contributed by atoms with van der Waals surface area (Å²) < 4.78 is 5.97. The van der Waals surface area contributed by atoms with E-state index in [2.05, 4.69) is 103 Å². The van der Waals surface area contributed by atoms with Gasteiger partial charge in [0.05, 0.1) is 5.52 Å². The fourth-order valence-corrected chi connectivity index (χ4v) is 5.98. The van der Waals surface area contributed by atoms with Crippen LogP contribution >= 0.6 is 11.3 Å². The van der Waals surface area contributed by atoms with Gasteiger partial charge in [-0.3, -0.25) is 0 Å². The Labute approximate surface area is 173 Å². The lowest BCUT2D eigenvalue weighted by molar-refractivity contribution is -0.659. The van der Waals surface area contributed by atoms with E-state index in [0.29, 0.717) is 0 Å². The normalized spacial score (nSPS) is 12.0. The second kappa shape index (κ2) is 5.91. The minimum absolute atomic E-state index is 1.27. The molecule has 0 spiro atoms. The van der Waals surface area contributed by atoms with Crippen molar-refractivity contribution in [3.63, 3.8) is 0 Å². The fraction of sp³-hybridized carbons (Fsp3) is 0.115. The molecule has 6 rings (SSSR count). The maximum absolute atomic E-state index is 2.38. The molecule has 3 aromatic heterocycles. The number of nitrogens with zero attached hydrogens (tertiary/aromatic N) is 2. The van der Waals surface area contributed by atoms with Crippen LogP contribution in [0.15, 0.2) is 72.9 Å². The Hall–Kier alpha value is -3.17. The molecule has 0 N–H and O–H groups in total. The van der Waals surface area contributed by atoms with Crippen LogP contribution in [-0.2, 0) is 14.1 Å². The Kier molecular flexibility index (Phi) is 3.42. The molecule has 0 aliphatic heterocycles. The zero-order chi connectivity index (χ0) is 19.7. The van der Waals surface area contributed by atoms with Crippen molar-refractivity contribution in [2.75, 3.05) is 0 Å². The highest BCUT2D eigenvalue weighted by Gasteiger charge is 2.21. The summed E-state index contributed by atoms with van der Waals surface area (Å²) in [6.07, 6.45) is 2.28. The maximum Gasteiger partial charge on any atom is 0.223 e. The average molecular weight is 394 g/mol. The first kappa shape index (κ1) is 16.8. The van der Waals surface area contributed by atoms with E-state index < -0.39 is 0 Å². The van der Waals surface area contributed by atoms with Crippen LogP contribution < -0.4 is 4.57 Å². The predicted molar refractivity (Wildman–Crippen MR) is 125 cm³/mol. The summed E-state index contributed by atoms with van der Waals surface area (Å²) >= 11 is 1.89. The van der Waals surface area contributed by atoms with E-state index >= 15 is 0 Å². The van der Waals surface area contributed by atoms with Crippen molar-refractivity contribution in [3.05, 3.63) is 78.5 Å². The molecule has 6 aromatic rings. The molecule has 3 aromatic carbocycles. The molecule has 0 saturated carbocycles. The third kappa shape index (κ3) is 2.25. The summed E-state index contributed by atoms with van der Waals surface area (Å²) in [5, 5.41) is 6.60. The Bertz CT molecular complexity index is 1580. The van der Waals surface area contributed by atoms with Crippen LogP contribution in [0, 0.1) is 6.92 Å². The van der Waals surface area contributed by atoms with Gasteiger partial charge in [0.2, 0.25) is 5.69 Å². The third-order valence-electron chi connectivity index (χ3n) is 6.22. The second-order valence-corrected chi connectivity index (χ2v) is 8.91. The number of aryl methyl sites for hydroxylation is 3. The minimum Gasteiger partial charge on any atom is -0.338 e. The van der Waals surface area contributed by atoms with Crippen LogP contribution in [0.5, 0.6) is 0 Å². The van der Waals surface area contributed by atoms with Gasteiger partial charge in [0.15, 0.2) is 6.20 Å². The summed E-state index contributed by atoms with van der Waals surface area (Å²) in [5.41, 5.74) is 5.22. The summed E-state index contributed by atoms with van der Waals surface area (Å²) in [7, 11) is 4.34. The van der Waals surface area contributed by atoms with Crippen LogP contribution in [0.3, 0.4) is 0 Å². The van der Waals surface area contributed by atoms with Gasteiger partial charge in [-0.25, -0.2) is 0 Å². The van der Waals surface area contributed by atoms with Crippen molar-refractivity contribution >= 4 is 54.0 Å². The van der Waals surface area contributed by atoms with Gasteiger partial charge >= 0.3 is 0 Å². The lowest BCUT2D eigenvalue weighted by Crippen LogP contribution is -2.30.